The predicted octanol–water partition coefficient (Wildman–Crippen LogP) is 2.27. The molecule has 2 aliphatic rings. The molecule has 28 heavy (non-hydrogen) atoms. The van der Waals surface area contributed by atoms with Gasteiger partial charge in [0.2, 0.25) is 5.95 Å². The van der Waals surface area contributed by atoms with Crippen molar-refractivity contribution in [2.45, 2.75) is 44.7 Å². The number of thiazole rings is 1. The molecule has 0 aliphatic carbocycles. The summed E-state index contributed by atoms with van der Waals surface area (Å²) in [6.07, 6.45) is -3.07. The first kappa shape index (κ1) is 19.2. The standard InChI is InChI=1S/C17H20F3N5O2S/c1-11-9-27-5-4-23(11)14-6-15(26)24-3-2-13(17(18,19)20)25(16(24)22-14)8-12-7-21-10-28-12/h6-7,10-11,13H,2-5,8-9H2,1H3/t11-,13?/m1/s1. The molecule has 0 spiro atoms. The van der Waals surface area contributed by atoms with E-state index in [0.717, 1.165) is 0 Å². The van der Waals surface area contributed by atoms with Crippen molar-refractivity contribution in [3.63, 3.8) is 0 Å². The zero-order valence-electron chi connectivity index (χ0n) is 15.2. The number of fused-ring (bicyclic) bond motifs is 1. The third-order valence-electron chi connectivity index (χ3n) is 5.08. The molecule has 7 nitrogen and oxygen atoms in total. The molecule has 0 amide bonds. The highest BCUT2D eigenvalue weighted by atomic mass is 32.1. The van der Waals surface area contributed by atoms with Gasteiger partial charge in [-0.3, -0.25) is 14.3 Å². The van der Waals surface area contributed by atoms with E-state index in [0.29, 0.717) is 30.5 Å². The van der Waals surface area contributed by atoms with Gasteiger partial charge in [-0.15, -0.1) is 11.3 Å². The molecule has 2 aromatic rings. The maximum Gasteiger partial charge on any atom is 0.408 e. The SMILES string of the molecule is C[C@@H]1COCCN1c1cc(=O)n2c(n1)N(Cc1cncs1)C(C(F)(F)F)CC2. The molecule has 2 aromatic heterocycles. The van der Waals surface area contributed by atoms with Crippen LogP contribution in [-0.4, -0.2) is 52.6 Å². The first-order valence-electron chi connectivity index (χ1n) is 9.01. The Labute approximate surface area is 163 Å². The van der Waals surface area contributed by atoms with Crippen LogP contribution in [-0.2, 0) is 17.8 Å². The molecule has 0 saturated carbocycles. The maximum atomic E-state index is 13.7. The summed E-state index contributed by atoms with van der Waals surface area (Å²) in [5.41, 5.74) is 1.24. The van der Waals surface area contributed by atoms with Crippen LogP contribution >= 0.6 is 11.3 Å². The van der Waals surface area contributed by atoms with Crippen molar-refractivity contribution in [3.8, 4) is 0 Å². The van der Waals surface area contributed by atoms with E-state index in [1.807, 2.05) is 11.8 Å². The quantitative estimate of drug-likeness (QED) is 0.767. The molecule has 0 radical (unpaired) electrons. The van der Waals surface area contributed by atoms with E-state index >= 15 is 0 Å². The fraction of sp³-hybridized carbons (Fsp3) is 0.588. The number of rotatable bonds is 3. The predicted molar refractivity (Wildman–Crippen MR) is 98.9 cm³/mol. The fourth-order valence-corrected chi connectivity index (χ4v) is 4.27. The summed E-state index contributed by atoms with van der Waals surface area (Å²) in [4.78, 5) is 24.9. The van der Waals surface area contributed by atoms with Crippen molar-refractivity contribution in [1.29, 1.82) is 0 Å². The van der Waals surface area contributed by atoms with Crippen LogP contribution in [0.1, 0.15) is 18.2 Å². The molecule has 4 heterocycles. The number of anilines is 2. The van der Waals surface area contributed by atoms with Gasteiger partial charge in [0, 0.05) is 30.2 Å². The van der Waals surface area contributed by atoms with E-state index < -0.39 is 12.2 Å². The second-order valence-electron chi connectivity index (χ2n) is 6.96. The Morgan fingerprint density at radius 2 is 2.18 bits per heavy atom. The van der Waals surface area contributed by atoms with Crippen LogP contribution in [0, 0.1) is 0 Å². The van der Waals surface area contributed by atoms with Crippen molar-refractivity contribution < 1.29 is 17.9 Å². The lowest BCUT2D eigenvalue weighted by molar-refractivity contribution is -0.153. The Hall–Kier alpha value is -2.14. The van der Waals surface area contributed by atoms with Crippen LogP contribution in [0.2, 0.25) is 0 Å². The zero-order chi connectivity index (χ0) is 19.9. The van der Waals surface area contributed by atoms with Gasteiger partial charge in [-0.1, -0.05) is 0 Å². The number of hydrogen-bond acceptors (Lipinski definition) is 7. The van der Waals surface area contributed by atoms with E-state index in [1.54, 1.807) is 11.7 Å². The van der Waals surface area contributed by atoms with Crippen molar-refractivity contribution in [1.82, 2.24) is 14.5 Å². The zero-order valence-corrected chi connectivity index (χ0v) is 16.0. The van der Waals surface area contributed by atoms with Crippen LogP contribution in [0.3, 0.4) is 0 Å². The largest absolute Gasteiger partial charge is 0.408 e. The molecule has 4 rings (SSSR count). The van der Waals surface area contributed by atoms with E-state index in [9.17, 15) is 18.0 Å². The minimum atomic E-state index is -4.42. The highest BCUT2D eigenvalue weighted by molar-refractivity contribution is 7.09. The summed E-state index contributed by atoms with van der Waals surface area (Å²) < 4.78 is 48.0. The fourth-order valence-electron chi connectivity index (χ4n) is 3.68. The molecule has 2 aliphatic heterocycles. The van der Waals surface area contributed by atoms with Crippen LogP contribution in [0.4, 0.5) is 24.9 Å². The summed E-state index contributed by atoms with van der Waals surface area (Å²) in [5.74, 6) is 0.451. The van der Waals surface area contributed by atoms with Crippen LogP contribution < -0.4 is 15.4 Å². The van der Waals surface area contributed by atoms with Gasteiger partial charge >= 0.3 is 6.18 Å². The molecule has 0 bridgehead atoms. The molecule has 1 fully saturated rings. The Morgan fingerprint density at radius 3 is 2.86 bits per heavy atom. The molecular weight excluding hydrogens is 395 g/mol. The van der Waals surface area contributed by atoms with Gasteiger partial charge in [0.25, 0.3) is 5.56 Å². The van der Waals surface area contributed by atoms with E-state index in [-0.39, 0.29) is 37.1 Å². The minimum Gasteiger partial charge on any atom is -0.377 e. The normalized spacial score (nSPS) is 23.0. The van der Waals surface area contributed by atoms with Crippen molar-refractivity contribution >= 4 is 23.1 Å². The van der Waals surface area contributed by atoms with Gasteiger partial charge in [0.05, 0.1) is 31.3 Å². The van der Waals surface area contributed by atoms with Gasteiger partial charge < -0.3 is 14.5 Å². The molecule has 152 valence electrons. The number of halogens is 3. The highest BCUT2D eigenvalue weighted by Crippen LogP contribution is 2.35. The first-order valence-corrected chi connectivity index (χ1v) is 9.89. The van der Waals surface area contributed by atoms with Gasteiger partial charge in [0.1, 0.15) is 11.9 Å². The Bertz CT molecular complexity index is 886. The lowest BCUT2D eigenvalue weighted by Gasteiger charge is -2.40. The van der Waals surface area contributed by atoms with Crippen molar-refractivity contribution in [2.24, 2.45) is 0 Å². The minimum absolute atomic E-state index is 0.00337. The molecule has 11 heteroatoms. The average Bonchev–Trinajstić information content (AvgIpc) is 3.14. The number of morpholine rings is 1. The van der Waals surface area contributed by atoms with Crippen LogP contribution in [0.5, 0.6) is 0 Å². The van der Waals surface area contributed by atoms with Crippen LogP contribution in [0.25, 0.3) is 0 Å². The van der Waals surface area contributed by atoms with E-state index in [1.165, 1.54) is 26.9 Å². The summed E-state index contributed by atoms with van der Waals surface area (Å²) in [7, 11) is 0. The molecule has 0 N–H and O–H groups in total. The smallest absolute Gasteiger partial charge is 0.377 e. The van der Waals surface area contributed by atoms with Gasteiger partial charge in [-0.2, -0.15) is 18.2 Å². The molecular formula is C17H20F3N5O2S. The number of alkyl halides is 3. The number of ether oxygens (including phenoxy) is 1. The average molecular weight is 415 g/mol. The summed E-state index contributed by atoms with van der Waals surface area (Å²) in [6, 6.07) is -0.302. The maximum absolute atomic E-state index is 13.7. The van der Waals surface area contributed by atoms with Gasteiger partial charge in [-0.25, -0.2) is 0 Å². The summed E-state index contributed by atoms with van der Waals surface area (Å²) >= 11 is 1.28. The molecule has 0 aromatic carbocycles. The van der Waals surface area contributed by atoms with Crippen molar-refractivity contribution in [3.05, 3.63) is 33.0 Å². The molecule has 2 atom stereocenters. The highest BCUT2D eigenvalue weighted by Gasteiger charge is 2.47. The van der Waals surface area contributed by atoms with Crippen LogP contribution in [0.15, 0.2) is 22.6 Å². The monoisotopic (exact) mass is 415 g/mol. The second kappa shape index (κ2) is 7.36. The topological polar surface area (TPSA) is 63.5 Å². The van der Waals surface area contributed by atoms with Gasteiger partial charge in [-0.05, 0) is 13.3 Å². The van der Waals surface area contributed by atoms with E-state index in [2.05, 4.69) is 9.97 Å². The third-order valence-corrected chi connectivity index (χ3v) is 5.85. The lowest BCUT2D eigenvalue weighted by atomic mass is 10.1. The molecule has 1 unspecified atom stereocenters. The number of nitrogens with zero attached hydrogens (tertiary/aromatic N) is 5. The Balaban J connectivity index is 1.78. The Kier molecular flexibility index (Phi) is 5.04. The summed E-state index contributed by atoms with van der Waals surface area (Å²) in [6.45, 7) is 3.43. The molecule has 1 saturated heterocycles. The first-order chi connectivity index (χ1) is 13.3. The van der Waals surface area contributed by atoms with E-state index in [4.69, 9.17) is 4.74 Å². The number of hydrogen-bond donors (Lipinski definition) is 0. The number of aromatic nitrogens is 3. The lowest BCUT2D eigenvalue weighted by Crippen LogP contribution is -2.52. The Morgan fingerprint density at radius 1 is 1.36 bits per heavy atom. The third kappa shape index (κ3) is 3.60. The van der Waals surface area contributed by atoms with Crippen molar-refractivity contribution in [2.75, 3.05) is 29.6 Å². The second-order valence-corrected chi connectivity index (χ2v) is 7.93. The summed E-state index contributed by atoms with van der Waals surface area (Å²) in [5, 5.41) is 0. The van der Waals surface area contributed by atoms with Gasteiger partial charge in [0.15, 0.2) is 0 Å².